The molecule has 0 aliphatic carbocycles. The number of para-hydroxylation sites is 2. The molecule has 2 aromatic rings. The smallest absolute Gasteiger partial charge is 0.407 e. The third-order valence-electron chi connectivity index (χ3n) is 4.65. The van der Waals surface area contributed by atoms with Gasteiger partial charge in [0.25, 0.3) is 5.56 Å². The van der Waals surface area contributed by atoms with Gasteiger partial charge in [-0.05, 0) is 25.5 Å². The second kappa shape index (κ2) is 4.97. The number of benzene rings is 1. The fraction of sp³-hybridized carbons (Fsp3) is 0.438. The Morgan fingerprint density at radius 1 is 1.35 bits per heavy atom. The number of nitrogens with one attached hydrogen (secondary N) is 1. The molecule has 2 fully saturated rings. The number of carbonyl (C=O) groups excluding carboxylic acids is 1. The van der Waals surface area contributed by atoms with Crippen LogP contribution in [0, 0.1) is 0 Å². The van der Waals surface area contributed by atoms with Crippen LogP contribution in [0.2, 0.25) is 0 Å². The maximum absolute atomic E-state index is 12.8. The molecule has 1 aromatic carbocycles. The predicted octanol–water partition coefficient (Wildman–Crippen LogP) is 1.11. The summed E-state index contributed by atoms with van der Waals surface area (Å²) in [6.07, 6.45) is 0.364. The molecule has 1 atom stereocenters. The molecule has 0 saturated carbocycles. The first-order valence-corrected chi connectivity index (χ1v) is 7.81. The van der Waals surface area contributed by atoms with Gasteiger partial charge >= 0.3 is 6.09 Å². The molecule has 0 unspecified atom stereocenters. The van der Waals surface area contributed by atoms with Gasteiger partial charge in [0.1, 0.15) is 6.61 Å². The molecule has 0 radical (unpaired) electrons. The maximum Gasteiger partial charge on any atom is 0.407 e. The predicted molar refractivity (Wildman–Crippen MR) is 85.7 cm³/mol. The van der Waals surface area contributed by atoms with Crippen LogP contribution >= 0.6 is 0 Å². The van der Waals surface area contributed by atoms with E-state index in [2.05, 4.69) is 10.3 Å². The molecule has 3 heterocycles. The van der Waals surface area contributed by atoms with Crippen molar-refractivity contribution in [3.63, 3.8) is 0 Å². The summed E-state index contributed by atoms with van der Waals surface area (Å²) < 4.78 is 6.78. The van der Waals surface area contributed by atoms with Crippen molar-refractivity contribution in [1.29, 1.82) is 0 Å². The summed E-state index contributed by atoms with van der Waals surface area (Å²) in [4.78, 5) is 30.7. The Bertz CT molecular complexity index is 847. The lowest BCUT2D eigenvalue weighted by Crippen LogP contribution is -2.46. The highest BCUT2D eigenvalue weighted by atomic mass is 16.6. The second-order valence-corrected chi connectivity index (χ2v) is 6.13. The highest BCUT2D eigenvalue weighted by Gasteiger charge is 2.46. The number of hydrogen-bond donors (Lipinski definition) is 1. The molecular weight excluding hydrogens is 296 g/mol. The minimum Gasteiger partial charge on any atom is -0.447 e. The van der Waals surface area contributed by atoms with Crippen molar-refractivity contribution in [1.82, 2.24) is 14.9 Å². The molecule has 0 bridgehead atoms. The Morgan fingerprint density at radius 2 is 2.17 bits per heavy atom. The third-order valence-corrected chi connectivity index (χ3v) is 4.65. The van der Waals surface area contributed by atoms with Crippen molar-refractivity contribution in [2.75, 3.05) is 24.6 Å². The highest BCUT2D eigenvalue weighted by molar-refractivity contribution is 5.76. The van der Waals surface area contributed by atoms with Crippen molar-refractivity contribution in [2.24, 2.45) is 0 Å². The van der Waals surface area contributed by atoms with E-state index in [0.717, 1.165) is 17.5 Å². The normalized spacial score (nSPS) is 23.5. The topological polar surface area (TPSA) is 76.5 Å². The molecule has 120 valence electrons. The van der Waals surface area contributed by atoms with Crippen molar-refractivity contribution >= 4 is 22.9 Å². The Labute approximate surface area is 132 Å². The van der Waals surface area contributed by atoms with Crippen molar-refractivity contribution in [3.05, 3.63) is 34.6 Å². The molecule has 2 aliphatic rings. The fourth-order valence-corrected chi connectivity index (χ4v) is 3.46. The van der Waals surface area contributed by atoms with Gasteiger partial charge in [0, 0.05) is 19.6 Å². The number of fused-ring (bicyclic) bond motifs is 1. The zero-order valence-corrected chi connectivity index (χ0v) is 12.9. The molecule has 1 N–H and O–H groups in total. The lowest BCUT2D eigenvalue weighted by atomic mass is 10.0. The van der Waals surface area contributed by atoms with Gasteiger partial charge in [0.2, 0.25) is 0 Å². The summed E-state index contributed by atoms with van der Waals surface area (Å²) in [5.74, 6) is 0.448. The van der Waals surface area contributed by atoms with Gasteiger partial charge in [-0.25, -0.2) is 9.78 Å². The first kappa shape index (κ1) is 14.0. The zero-order chi connectivity index (χ0) is 16.0. The second-order valence-electron chi connectivity index (χ2n) is 6.13. The molecule has 7 heteroatoms. The molecule has 2 aliphatic heterocycles. The molecule has 1 amide bonds. The highest BCUT2D eigenvalue weighted by Crippen LogP contribution is 2.28. The lowest BCUT2D eigenvalue weighted by Gasteiger charge is -2.22. The number of rotatable bonds is 2. The minimum absolute atomic E-state index is 0.0894. The number of nitrogens with zero attached hydrogens (tertiary/aromatic N) is 3. The van der Waals surface area contributed by atoms with Crippen LogP contribution in [0.5, 0.6) is 0 Å². The van der Waals surface area contributed by atoms with E-state index in [1.807, 2.05) is 36.1 Å². The summed E-state index contributed by atoms with van der Waals surface area (Å²) in [7, 11) is 0. The summed E-state index contributed by atoms with van der Waals surface area (Å²) in [5, 5.41) is 2.87. The van der Waals surface area contributed by atoms with Gasteiger partial charge in [-0.15, -0.1) is 0 Å². The van der Waals surface area contributed by atoms with Crippen LogP contribution in [0.4, 0.5) is 10.6 Å². The molecule has 1 spiro atoms. The lowest BCUT2D eigenvalue weighted by molar-refractivity contribution is 0.173. The Kier molecular flexibility index (Phi) is 3.04. The number of alkyl carbamates (subject to hydrolysis) is 1. The van der Waals surface area contributed by atoms with E-state index in [0.29, 0.717) is 32.1 Å². The summed E-state index contributed by atoms with van der Waals surface area (Å²) in [6.45, 7) is 4.11. The average Bonchev–Trinajstić information content (AvgIpc) is 3.13. The van der Waals surface area contributed by atoms with E-state index in [-0.39, 0.29) is 11.7 Å². The number of aryl methyl sites for hydroxylation is 1. The van der Waals surface area contributed by atoms with Gasteiger partial charge in [0.15, 0.2) is 5.82 Å². The van der Waals surface area contributed by atoms with Crippen LogP contribution in [0.15, 0.2) is 29.1 Å². The van der Waals surface area contributed by atoms with E-state index < -0.39 is 5.54 Å². The van der Waals surface area contributed by atoms with Crippen molar-refractivity contribution < 1.29 is 9.53 Å². The Hall–Kier alpha value is -2.57. The van der Waals surface area contributed by atoms with E-state index in [4.69, 9.17) is 4.74 Å². The molecule has 4 rings (SSSR count). The van der Waals surface area contributed by atoms with Crippen LogP contribution in [-0.2, 0) is 11.3 Å². The van der Waals surface area contributed by atoms with E-state index >= 15 is 0 Å². The van der Waals surface area contributed by atoms with Gasteiger partial charge in [-0.2, -0.15) is 0 Å². The van der Waals surface area contributed by atoms with Gasteiger partial charge in [-0.1, -0.05) is 12.1 Å². The SMILES string of the molecule is CCn1c(=O)c(N2CC[C@@]3(COC(=O)N3)C2)nc2ccccc21. The van der Waals surface area contributed by atoms with E-state index in [9.17, 15) is 9.59 Å². The summed E-state index contributed by atoms with van der Waals surface area (Å²) in [5.41, 5.74) is 1.16. The monoisotopic (exact) mass is 314 g/mol. The Morgan fingerprint density at radius 3 is 2.91 bits per heavy atom. The van der Waals surface area contributed by atoms with Gasteiger partial charge < -0.3 is 19.5 Å². The quantitative estimate of drug-likeness (QED) is 0.898. The van der Waals surface area contributed by atoms with Crippen LogP contribution in [0.3, 0.4) is 0 Å². The molecule has 23 heavy (non-hydrogen) atoms. The first-order chi connectivity index (χ1) is 11.1. The molecule has 2 saturated heterocycles. The summed E-state index contributed by atoms with van der Waals surface area (Å²) >= 11 is 0. The molecule has 7 nitrogen and oxygen atoms in total. The van der Waals surface area contributed by atoms with Crippen LogP contribution in [0.25, 0.3) is 11.0 Å². The number of anilines is 1. The zero-order valence-electron chi connectivity index (χ0n) is 12.9. The van der Waals surface area contributed by atoms with Crippen LogP contribution in [-0.4, -0.2) is 40.9 Å². The van der Waals surface area contributed by atoms with Crippen LogP contribution < -0.4 is 15.8 Å². The van der Waals surface area contributed by atoms with E-state index in [1.165, 1.54) is 0 Å². The number of hydrogen-bond acceptors (Lipinski definition) is 5. The standard InChI is InChI=1S/C16H18N4O3/c1-2-20-12-6-4-3-5-11(12)17-13(14(20)21)19-8-7-16(9-19)10-23-15(22)18-16/h3-6H,2,7-10H2,1H3,(H,18,22)/t16-/m0/s1. The molecular formula is C16H18N4O3. The largest absolute Gasteiger partial charge is 0.447 e. The van der Waals surface area contributed by atoms with Crippen LogP contribution in [0.1, 0.15) is 13.3 Å². The van der Waals surface area contributed by atoms with Gasteiger partial charge in [-0.3, -0.25) is 4.79 Å². The Balaban J connectivity index is 1.76. The number of carbonyl (C=O) groups is 1. The molecule has 1 aromatic heterocycles. The average molecular weight is 314 g/mol. The fourth-order valence-electron chi connectivity index (χ4n) is 3.46. The first-order valence-electron chi connectivity index (χ1n) is 7.81. The van der Waals surface area contributed by atoms with E-state index in [1.54, 1.807) is 4.57 Å². The van der Waals surface area contributed by atoms with Crippen molar-refractivity contribution in [2.45, 2.75) is 25.4 Å². The number of amides is 1. The number of aromatic nitrogens is 2. The number of ether oxygens (including phenoxy) is 1. The number of cyclic esters (lactones) is 1. The summed E-state index contributed by atoms with van der Waals surface area (Å²) in [6, 6.07) is 7.65. The van der Waals surface area contributed by atoms with Crippen molar-refractivity contribution in [3.8, 4) is 0 Å². The third kappa shape index (κ3) is 2.15. The maximum atomic E-state index is 12.8. The minimum atomic E-state index is -0.395. The van der Waals surface area contributed by atoms with Gasteiger partial charge in [0.05, 0.1) is 16.6 Å².